The van der Waals surface area contributed by atoms with Crippen LogP contribution in [0.25, 0.3) is 0 Å². The molecule has 1 saturated heterocycles. The van der Waals surface area contributed by atoms with Crippen LogP contribution in [0.5, 0.6) is 0 Å². The molecule has 0 spiro atoms. The average molecular weight is 548 g/mol. The molecule has 1 N–H and O–H groups in total. The highest BCUT2D eigenvalue weighted by Gasteiger charge is 2.58. The van der Waals surface area contributed by atoms with E-state index in [4.69, 9.17) is 9.26 Å². The van der Waals surface area contributed by atoms with E-state index in [1.165, 1.54) is 36.1 Å². The highest BCUT2D eigenvalue weighted by atomic mass is 31.2. The molecule has 11 heteroatoms. The quantitative estimate of drug-likeness (QED) is 0.141. The molecule has 2 aliphatic rings. The lowest BCUT2D eigenvalue weighted by Crippen LogP contribution is -2.61. The number of esters is 1. The Hall–Kier alpha value is -4.27. The topological polar surface area (TPSA) is 136 Å². The molecule has 2 heterocycles. The van der Waals surface area contributed by atoms with Gasteiger partial charge in [-0.15, -0.1) is 0 Å². The monoisotopic (exact) mass is 548 g/mol. The maximum Gasteiger partial charge on any atom is 0.358 e. The van der Waals surface area contributed by atoms with Gasteiger partial charge in [0.1, 0.15) is 12.4 Å². The third-order valence-electron chi connectivity index (χ3n) is 6.83. The number of nitro benzene ring substituents is 1. The third-order valence-corrected chi connectivity index (χ3v) is 9.26. The number of amides is 1. The summed E-state index contributed by atoms with van der Waals surface area (Å²) in [6, 6.07) is 22.2. The van der Waals surface area contributed by atoms with Gasteiger partial charge in [-0.05, 0) is 48.9 Å². The van der Waals surface area contributed by atoms with Crippen molar-refractivity contribution in [3.63, 3.8) is 0 Å². The minimum Gasteiger partial charge on any atom is -0.456 e. The Labute approximate surface area is 224 Å². The number of aliphatic hydroxyl groups excluding tert-OH is 1. The number of aliphatic hydroxyl groups is 1. The molecule has 3 atom stereocenters. The summed E-state index contributed by atoms with van der Waals surface area (Å²) in [7, 11) is -3.76. The van der Waals surface area contributed by atoms with Gasteiger partial charge in [0.05, 0.1) is 33.6 Å². The highest BCUT2D eigenvalue weighted by Crippen LogP contribution is 2.53. The number of carbonyl (C=O) groups excluding carboxylic acids is 2. The molecule has 0 aromatic heterocycles. The smallest absolute Gasteiger partial charge is 0.358 e. The molecule has 1 unspecified atom stereocenters. The molecule has 3 aromatic carbocycles. The summed E-state index contributed by atoms with van der Waals surface area (Å²) in [6.45, 7) is 1.29. The lowest BCUT2D eigenvalue weighted by atomic mass is 9.83. The molecule has 1 fully saturated rings. The lowest BCUT2D eigenvalue weighted by molar-refractivity contribution is -0.384. The Morgan fingerprint density at radius 2 is 1.62 bits per heavy atom. The second-order valence-electron chi connectivity index (χ2n) is 9.33. The molecule has 0 bridgehead atoms. The van der Waals surface area contributed by atoms with Crippen LogP contribution in [-0.2, 0) is 30.0 Å². The van der Waals surface area contributed by atoms with Crippen LogP contribution in [0.1, 0.15) is 18.9 Å². The zero-order valence-corrected chi connectivity index (χ0v) is 21.8. The molecule has 0 radical (unpaired) electrons. The molecule has 3 aromatic rings. The number of non-ortho nitro benzene ring substituents is 1. The number of nitrogens with zero attached hydrogens (tertiary/aromatic N) is 2. The summed E-state index contributed by atoms with van der Waals surface area (Å²) in [5, 5.41) is 21.9. The van der Waals surface area contributed by atoms with Crippen LogP contribution in [0, 0.1) is 16.0 Å². The van der Waals surface area contributed by atoms with Crippen LogP contribution in [0.15, 0.2) is 96.4 Å². The predicted molar refractivity (Wildman–Crippen MR) is 141 cm³/mol. The standard InChI is InChI=1S/C28H25N2O8P/c1-18(31)25-23-16-24(38-39(36,21-8-4-2-5-9-21)22-10-6-3-7-11-22)26(29(23)27(25)32)28(33)37-17-19-12-14-20(15-13-19)30(34)35/h2-15,18,23,25,31H,16-17H2,1H3/t18-,23?,25+/m1/s1. The third kappa shape index (κ3) is 4.84. The SMILES string of the molecule is C[C@@H](O)[C@@H]1C(=O)N2C(C(=O)OCc3ccc([N+](=O)[O-])cc3)=C(OP(=O)(c3ccccc3)c3ccccc3)CC12. The van der Waals surface area contributed by atoms with Crippen LogP contribution in [0.2, 0.25) is 0 Å². The van der Waals surface area contributed by atoms with Crippen molar-refractivity contribution in [3.8, 4) is 0 Å². The van der Waals surface area contributed by atoms with Crippen molar-refractivity contribution < 1.29 is 33.4 Å². The van der Waals surface area contributed by atoms with Gasteiger partial charge in [0, 0.05) is 18.6 Å². The molecule has 2 aliphatic heterocycles. The number of rotatable bonds is 9. The van der Waals surface area contributed by atoms with Gasteiger partial charge in [-0.25, -0.2) is 4.79 Å². The molecular weight excluding hydrogens is 523 g/mol. The first-order chi connectivity index (χ1) is 18.7. The summed E-state index contributed by atoms with van der Waals surface area (Å²) in [4.78, 5) is 37.9. The maximum atomic E-state index is 14.5. The second-order valence-corrected chi connectivity index (χ2v) is 11.6. The van der Waals surface area contributed by atoms with Gasteiger partial charge in [-0.1, -0.05) is 36.4 Å². The Kier molecular flexibility index (Phi) is 7.08. The molecule has 200 valence electrons. The number of hydrogen-bond acceptors (Lipinski definition) is 8. The van der Waals surface area contributed by atoms with Crippen molar-refractivity contribution in [2.75, 3.05) is 0 Å². The van der Waals surface area contributed by atoms with Gasteiger partial charge in [-0.3, -0.25) is 24.4 Å². The van der Waals surface area contributed by atoms with E-state index in [1.807, 2.05) is 0 Å². The van der Waals surface area contributed by atoms with Crippen molar-refractivity contribution in [1.82, 2.24) is 4.90 Å². The zero-order chi connectivity index (χ0) is 27.7. The van der Waals surface area contributed by atoms with E-state index in [2.05, 4.69) is 0 Å². The number of carbonyl (C=O) groups is 2. The van der Waals surface area contributed by atoms with Crippen molar-refractivity contribution >= 4 is 35.5 Å². The summed E-state index contributed by atoms with van der Waals surface area (Å²) < 4.78 is 26.2. The summed E-state index contributed by atoms with van der Waals surface area (Å²) >= 11 is 0. The average Bonchev–Trinajstić information content (AvgIpc) is 3.26. The van der Waals surface area contributed by atoms with E-state index in [-0.39, 0.29) is 30.2 Å². The van der Waals surface area contributed by atoms with Crippen molar-refractivity contribution in [3.05, 3.63) is 112 Å². The Bertz CT molecular complexity index is 1450. The first-order valence-corrected chi connectivity index (χ1v) is 13.9. The fourth-order valence-electron chi connectivity index (χ4n) is 4.89. The number of fused-ring (bicyclic) bond motifs is 1. The number of hydrogen-bond donors (Lipinski definition) is 1. The second kappa shape index (κ2) is 10.5. The summed E-state index contributed by atoms with van der Waals surface area (Å²) in [5.74, 6) is -2.02. The van der Waals surface area contributed by atoms with Crippen molar-refractivity contribution in [1.29, 1.82) is 0 Å². The zero-order valence-electron chi connectivity index (χ0n) is 20.9. The molecule has 39 heavy (non-hydrogen) atoms. The van der Waals surface area contributed by atoms with Crippen molar-refractivity contribution in [2.24, 2.45) is 5.92 Å². The number of β-lactam (4-membered cyclic amide) rings is 1. The van der Waals surface area contributed by atoms with Gasteiger partial charge < -0.3 is 14.4 Å². The number of benzene rings is 3. The van der Waals surface area contributed by atoms with Crippen molar-refractivity contribution in [2.45, 2.75) is 32.1 Å². The predicted octanol–water partition coefficient (Wildman–Crippen LogP) is 3.41. The summed E-state index contributed by atoms with van der Waals surface area (Å²) in [5.41, 5.74) is 0.244. The first-order valence-electron chi connectivity index (χ1n) is 12.3. The van der Waals surface area contributed by atoms with E-state index < -0.39 is 42.2 Å². The van der Waals surface area contributed by atoms with E-state index in [0.29, 0.717) is 16.2 Å². The minimum atomic E-state index is -3.76. The van der Waals surface area contributed by atoms with E-state index in [0.717, 1.165) is 0 Å². The number of ether oxygens (including phenoxy) is 1. The molecular formula is C28H25N2O8P. The minimum absolute atomic E-state index is 0.0428. The lowest BCUT2D eigenvalue weighted by Gasteiger charge is -2.44. The van der Waals surface area contributed by atoms with E-state index in [1.54, 1.807) is 60.7 Å². The Morgan fingerprint density at radius 3 is 2.13 bits per heavy atom. The molecule has 5 rings (SSSR count). The molecule has 1 amide bonds. The van der Waals surface area contributed by atoms with Gasteiger partial charge in [0.15, 0.2) is 5.70 Å². The Morgan fingerprint density at radius 1 is 1.05 bits per heavy atom. The molecule has 10 nitrogen and oxygen atoms in total. The van der Waals surface area contributed by atoms with Crippen LogP contribution < -0.4 is 10.6 Å². The number of nitro groups is 1. The molecule has 0 aliphatic carbocycles. The molecule has 0 saturated carbocycles. The van der Waals surface area contributed by atoms with Crippen LogP contribution in [-0.4, -0.2) is 39.0 Å². The first kappa shape index (κ1) is 26.3. The largest absolute Gasteiger partial charge is 0.456 e. The van der Waals surface area contributed by atoms with Gasteiger partial charge >= 0.3 is 13.3 Å². The maximum absolute atomic E-state index is 14.5. The van der Waals surface area contributed by atoms with Gasteiger partial charge in [-0.2, -0.15) is 0 Å². The van der Waals surface area contributed by atoms with Crippen LogP contribution in [0.3, 0.4) is 0 Å². The van der Waals surface area contributed by atoms with Crippen LogP contribution in [0.4, 0.5) is 5.69 Å². The summed E-state index contributed by atoms with van der Waals surface area (Å²) in [6.07, 6.45) is -0.877. The van der Waals surface area contributed by atoms with E-state index >= 15 is 0 Å². The van der Waals surface area contributed by atoms with Crippen LogP contribution >= 0.6 is 7.37 Å². The Balaban J connectivity index is 1.49. The van der Waals surface area contributed by atoms with Gasteiger partial charge in [0.2, 0.25) is 5.91 Å². The normalized spacial score (nSPS) is 19.2. The fourth-order valence-corrected chi connectivity index (χ4v) is 7.00. The fraction of sp³-hybridized carbons (Fsp3) is 0.214. The van der Waals surface area contributed by atoms with Gasteiger partial charge in [0.25, 0.3) is 5.69 Å². The highest BCUT2D eigenvalue weighted by molar-refractivity contribution is 7.74. The van der Waals surface area contributed by atoms with E-state index in [9.17, 15) is 29.4 Å².